The first-order valence-corrected chi connectivity index (χ1v) is 11.4. The van der Waals surface area contributed by atoms with Crippen LogP contribution in [0.1, 0.15) is 5.56 Å². The van der Waals surface area contributed by atoms with Gasteiger partial charge in [-0.25, -0.2) is 22.8 Å². The van der Waals surface area contributed by atoms with E-state index in [0.29, 0.717) is 5.56 Å². The van der Waals surface area contributed by atoms with Crippen molar-refractivity contribution in [1.29, 1.82) is 0 Å². The third kappa shape index (κ3) is 4.15. The van der Waals surface area contributed by atoms with Gasteiger partial charge in [-0.15, -0.1) is 0 Å². The predicted molar refractivity (Wildman–Crippen MR) is 116 cm³/mol. The van der Waals surface area contributed by atoms with Crippen LogP contribution in [0.2, 0.25) is 0 Å². The fourth-order valence-corrected chi connectivity index (χ4v) is 4.63. The molecule has 3 aromatic carbocycles. The first-order valence-electron chi connectivity index (χ1n) is 9.00. The standard InChI is InChI=1S/C22H15FN2O4S2/c23-15-8-6-14(7-9-15)19-20(30-17-4-2-1-3-5-17)22(27)25(21(19)26)16-10-12-18(13-11-16)31(24,28)29/h1-13H,(H2,24,28,29). The third-order valence-electron chi connectivity index (χ3n) is 4.56. The number of sulfonamides is 1. The molecule has 1 heterocycles. The second-order valence-electron chi connectivity index (χ2n) is 6.61. The van der Waals surface area contributed by atoms with Gasteiger partial charge in [-0.3, -0.25) is 9.59 Å². The van der Waals surface area contributed by atoms with Crippen LogP contribution in [-0.2, 0) is 19.6 Å². The molecular formula is C22H15FN2O4S2. The number of anilines is 1. The predicted octanol–water partition coefficient (Wildman–Crippen LogP) is 3.55. The number of hydrogen-bond acceptors (Lipinski definition) is 5. The minimum atomic E-state index is -3.92. The van der Waals surface area contributed by atoms with Crippen molar-refractivity contribution in [2.45, 2.75) is 9.79 Å². The molecule has 6 nitrogen and oxygen atoms in total. The van der Waals surface area contributed by atoms with Gasteiger partial charge in [0.05, 0.1) is 21.1 Å². The molecule has 0 unspecified atom stereocenters. The van der Waals surface area contributed by atoms with E-state index in [9.17, 15) is 22.4 Å². The number of thioether (sulfide) groups is 1. The number of halogens is 1. The highest BCUT2D eigenvalue weighted by molar-refractivity contribution is 8.04. The number of benzene rings is 3. The van der Waals surface area contributed by atoms with Gasteiger partial charge in [-0.2, -0.15) is 0 Å². The molecule has 1 aliphatic heterocycles. The van der Waals surface area contributed by atoms with E-state index in [1.165, 1.54) is 48.5 Å². The second-order valence-corrected chi connectivity index (χ2v) is 9.26. The Hall–Kier alpha value is -3.27. The lowest BCUT2D eigenvalue weighted by atomic mass is 10.1. The van der Waals surface area contributed by atoms with Gasteiger partial charge in [-0.1, -0.05) is 42.1 Å². The normalized spacial score (nSPS) is 14.5. The van der Waals surface area contributed by atoms with Crippen molar-refractivity contribution in [2.24, 2.45) is 5.14 Å². The Balaban J connectivity index is 1.79. The second kappa shape index (κ2) is 8.10. The molecule has 31 heavy (non-hydrogen) atoms. The summed E-state index contributed by atoms with van der Waals surface area (Å²) in [4.78, 5) is 28.3. The Labute approximate surface area is 182 Å². The topological polar surface area (TPSA) is 97.5 Å². The van der Waals surface area contributed by atoms with E-state index in [-0.39, 0.29) is 21.1 Å². The van der Waals surface area contributed by atoms with Gasteiger partial charge in [0.25, 0.3) is 11.8 Å². The molecule has 2 amide bonds. The molecular weight excluding hydrogens is 439 g/mol. The largest absolute Gasteiger partial charge is 0.272 e. The van der Waals surface area contributed by atoms with E-state index in [0.717, 1.165) is 21.6 Å². The van der Waals surface area contributed by atoms with Crippen molar-refractivity contribution in [1.82, 2.24) is 0 Å². The number of nitrogens with zero attached hydrogens (tertiary/aromatic N) is 1. The molecule has 0 fully saturated rings. The minimum Gasteiger partial charge on any atom is -0.268 e. The van der Waals surface area contributed by atoms with Crippen molar-refractivity contribution in [3.8, 4) is 0 Å². The van der Waals surface area contributed by atoms with Crippen molar-refractivity contribution in [2.75, 3.05) is 4.90 Å². The molecule has 0 aliphatic carbocycles. The van der Waals surface area contributed by atoms with Gasteiger partial charge in [-0.05, 0) is 54.1 Å². The average Bonchev–Trinajstić information content (AvgIpc) is 2.98. The fourth-order valence-electron chi connectivity index (χ4n) is 3.10. The number of hydrogen-bond donors (Lipinski definition) is 1. The Morgan fingerprint density at radius 2 is 1.42 bits per heavy atom. The summed E-state index contributed by atoms with van der Waals surface area (Å²) in [6.07, 6.45) is 0. The molecule has 2 N–H and O–H groups in total. The number of rotatable bonds is 5. The van der Waals surface area contributed by atoms with Gasteiger partial charge < -0.3 is 0 Å². The third-order valence-corrected chi connectivity index (χ3v) is 6.58. The number of carbonyl (C=O) groups excluding carboxylic acids is 2. The van der Waals surface area contributed by atoms with Crippen LogP contribution in [0.4, 0.5) is 10.1 Å². The van der Waals surface area contributed by atoms with Crippen LogP contribution >= 0.6 is 11.8 Å². The van der Waals surface area contributed by atoms with Crippen molar-refractivity contribution in [3.63, 3.8) is 0 Å². The van der Waals surface area contributed by atoms with Gasteiger partial charge >= 0.3 is 0 Å². The maximum absolute atomic E-state index is 13.4. The van der Waals surface area contributed by atoms with Crippen molar-refractivity contribution >= 4 is 44.9 Å². The SMILES string of the molecule is NS(=O)(=O)c1ccc(N2C(=O)C(Sc3ccccc3)=C(c3ccc(F)cc3)C2=O)cc1. The molecule has 9 heteroatoms. The number of amides is 2. The lowest BCUT2D eigenvalue weighted by molar-refractivity contribution is -0.119. The zero-order chi connectivity index (χ0) is 22.2. The van der Waals surface area contributed by atoms with Crippen molar-refractivity contribution in [3.05, 3.63) is 95.1 Å². The van der Waals surface area contributed by atoms with E-state index in [4.69, 9.17) is 5.14 Å². The van der Waals surface area contributed by atoms with Crippen LogP contribution in [-0.4, -0.2) is 20.2 Å². The summed E-state index contributed by atoms with van der Waals surface area (Å²) in [7, 11) is -3.92. The molecule has 4 rings (SSSR count). The van der Waals surface area contributed by atoms with E-state index in [1.807, 2.05) is 18.2 Å². The maximum Gasteiger partial charge on any atom is 0.272 e. The van der Waals surface area contributed by atoms with Crippen LogP contribution in [0, 0.1) is 5.82 Å². The summed E-state index contributed by atoms with van der Waals surface area (Å²) in [6, 6.07) is 19.5. The summed E-state index contributed by atoms with van der Waals surface area (Å²) in [6.45, 7) is 0. The van der Waals surface area contributed by atoms with Crippen LogP contribution in [0.15, 0.2) is 93.6 Å². The fraction of sp³-hybridized carbons (Fsp3) is 0. The quantitative estimate of drug-likeness (QED) is 0.595. The van der Waals surface area contributed by atoms with Gasteiger partial charge in [0.1, 0.15) is 5.82 Å². The number of imide groups is 1. The molecule has 0 radical (unpaired) electrons. The van der Waals surface area contributed by atoms with Crippen LogP contribution in [0.25, 0.3) is 5.57 Å². The molecule has 0 saturated heterocycles. The Morgan fingerprint density at radius 1 is 0.806 bits per heavy atom. The highest BCUT2D eigenvalue weighted by Gasteiger charge is 2.40. The van der Waals surface area contributed by atoms with Crippen LogP contribution < -0.4 is 10.0 Å². The molecule has 0 bridgehead atoms. The highest BCUT2D eigenvalue weighted by Crippen LogP contribution is 2.41. The number of primary sulfonamides is 1. The van der Waals surface area contributed by atoms with Gasteiger partial charge in [0, 0.05) is 4.90 Å². The lowest BCUT2D eigenvalue weighted by Crippen LogP contribution is -2.31. The summed E-state index contributed by atoms with van der Waals surface area (Å²) in [5, 5.41) is 5.12. The molecule has 0 spiro atoms. The first kappa shape index (κ1) is 21.0. The maximum atomic E-state index is 13.4. The highest BCUT2D eigenvalue weighted by atomic mass is 32.2. The van der Waals surface area contributed by atoms with Crippen molar-refractivity contribution < 1.29 is 22.4 Å². The molecule has 0 saturated carbocycles. The molecule has 0 atom stereocenters. The van der Waals surface area contributed by atoms with Crippen LogP contribution in [0.5, 0.6) is 0 Å². The zero-order valence-corrected chi connectivity index (χ0v) is 17.5. The average molecular weight is 455 g/mol. The lowest BCUT2D eigenvalue weighted by Gasteiger charge is -2.15. The van der Waals surface area contributed by atoms with E-state index < -0.39 is 27.7 Å². The first-order chi connectivity index (χ1) is 14.8. The van der Waals surface area contributed by atoms with Gasteiger partial charge in [0.2, 0.25) is 10.0 Å². The molecule has 156 valence electrons. The zero-order valence-electron chi connectivity index (χ0n) is 15.9. The minimum absolute atomic E-state index is 0.138. The van der Waals surface area contributed by atoms with E-state index in [1.54, 1.807) is 12.1 Å². The summed E-state index contributed by atoms with van der Waals surface area (Å²) < 4.78 is 36.4. The Kier molecular flexibility index (Phi) is 5.48. The van der Waals surface area contributed by atoms with E-state index in [2.05, 4.69) is 0 Å². The summed E-state index contributed by atoms with van der Waals surface area (Å²) in [5.74, 6) is -1.60. The number of nitrogens with two attached hydrogens (primary N) is 1. The molecule has 3 aromatic rings. The smallest absolute Gasteiger partial charge is 0.268 e. The van der Waals surface area contributed by atoms with Gasteiger partial charge in [0.15, 0.2) is 0 Å². The van der Waals surface area contributed by atoms with Crippen LogP contribution in [0.3, 0.4) is 0 Å². The number of carbonyl (C=O) groups is 2. The molecule has 1 aliphatic rings. The molecule has 0 aromatic heterocycles. The summed E-state index contributed by atoms with van der Waals surface area (Å²) >= 11 is 1.13. The Bertz CT molecular complexity index is 1300. The summed E-state index contributed by atoms with van der Waals surface area (Å²) in [5.41, 5.74) is 0.752. The monoisotopic (exact) mass is 454 g/mol. The Morgan fingerprint density at radius 3 is 2.00 bits per heavy atom. The van der Waals surface area contributed by atoms with E-state index >= 15 is 0 Å².